The number of pyridine rings is 1. The maximum absolute atomic E-state index is 11.7. The molecule has 0 radical (unpaired) electrons. The van der Waals surface area contributed by atoms with Crippen LogP contribution >= 0.6 is 0 Å². The highest BCUT2D eigenvalue weighted by molar-refractivity contribution is 5.69. The van der Waals surface area contributed by atoms with Crippen molar-refractivity contribution in [2.45, 2.75) is 12.8 Å². The second-order valence-electron chi connectivity index (χ2n) is 4.56. The van der Waals surface area contributed by atoms with E-state index < -0.39 is 11.2 Å². The lowest BCUT2D eigenvalue weighted by atomic mass is 10.1. The molecule has 7 heteroatoms. The van der Waals surface area contributed by atoms with Crippen LogP contribution in [0.25, 0.3) is 11.2 Å². The van der Waals surface area contributed by atoms with Gasteiger partial charge in [0, 0.05) is 25.9 Å². The summed E-state index contributed by atoms with van der Waals surface area (Å²) >= 11 is 0. The van der Waals surface area contributed by atoms with Crippen molar-refractivity contribution in [2.75, 3.05) is 0 Å². The molecule has 2 N–H and O–H groups in total. The number of aromatic amines is 2. The van der Waals surface area contributed by atoms with Crippen molar-refractivity contribution in [3.8, 4) is 0 Å². The fourth-order valence-electron chi connectivity index (χ4n) is 2.08. The van der Waals surface area contributed by atoms with Crippen molar-refractivity contribution in [1.82, 2.24) is 24.5 Å². The van der Waals surface area contributed by atoms with Gasteiger partial charge in [0.15, 0.2) is 5.65 Å². The standard InChI is InChI=1S/C13H13N5O2/c1-18-11-10(12(19)17-13(18)20)15-9(16-11)5-4-8-3-2-6-14-7-8/h2-3,6-7H,4-5H2,1H3,(H,15,16)(H,17,19,20). The summed E-state index contributed by atoms with van der Waals surface area (Å²) in [6.07, 6.45) is 4.93. The highest BCUT2D eigenvalue weighted by Gasteiger charge is 2.10. The Morgan fingerprint density at radius 3 is 2.85 bits per heavy atom. The number of H-pyrrole nitrogens is 2. The number of nitrogens with zero attached hydrogens (tertiary/aromatic N) is 3. The summed E-state index contributed by atoms with van der Waals surface area (Å²) in [4.78, 5) is 36.7. The first-order chi connectivity index (χ1) is 9.65. The molecule has 0 amide bonds. The Morgan fingerprint density at radius 1 is 1.25 bits per heavy atom. The number of hydrogen-bond donors (Lipinski definition) is 2. The summed E-state index contributed by atoms with van der Waals surface area (Å²) in [7, 11) is 1.58. The summed E-state index contributed by atoms with van der Waals surface area (Å²) in [5, 5.41) is 0. The van der Waals surface area contributed by atoms with Crippen molar-refractivity contribution < 1.29 is 0 Å². The summed E-state index contributed by atoms with van der Waals surface area (Å²) in [5.41, 5.74) is 0.889. The highest BCUT2D eigenvalue weighted by Crippen LogP contribution is 2.07. The van der Waals surface area contributed by atoms with Crippen LogP contribution in [-0.2, 0) is 19.9 Å². The maximum atomic E-state index is 11.7. The number of aromatic nitrogens is 5. The second-order valence-corrected chi connectivity index (χ2v) is 4.56. The van der Waals surface area contributed by atoms with Gasteiger partial charge in [-0.3, -0.25) is 19.3 Å². The van der Waals surface area contributed by atoms with E-state index in [-0.39, 0.29) is 0 Å². The van der Waals surface area contributed by atoms with Crippen LogP contribution in [0.4, 0.5) is 0 Å². The molecule has 0 aromatic carbocycles. The molecule has 0 aliphatic heterocycles. The Bertz CT molecular complexity index is 860. The Hall–Kier alpha value is -2.70. The van der Waals surface area contributed by atoms with Gasteiger partial charge < -0.3 is 4.98 Å². The third kappa shape index (κ3) is 2.13. The Labute approximate surface area is 113 Å². The highest BCUT2D eigenvalue weighted by atomic mass is 16.2. The van der Waals surface area contributed by atoms with Crippen LogP contribution in [-0.4, -0.2) is 24.5 Å². The molecule has 3 aromatic rings. The third-order valence-electron chi connectivity index (χ3n) is 3.18. The lowest BCUT2D eigenvalue weighted by molar-refractivity contribution is 0.826. The zero-order valence-corrected chi connectivity index (χ0v) is 10.9. The van der Waals surface area contributed by atoms with Crippen LogP contribution in [0.15, 0.2) is 34.1 Å². The Morgan fingerprint density at radius 2 is 2.10 bits per heavy atom. The molecule has 0 saturated carbocycles. The van der Waals surface area contributed by atoms with Crippen molar-refractivity contribution in [3.63, 3.8) is 0 Å². The molecule has 102 valence electrons. The third-order valence-corrected chi connectivity index (χ3v) is 3.18. The molecule has 0 aliphatic rings. The topological polar surface area (TPSA) is 96.4 Å². The number of rotatable bonds is 3. The number of aryl methyl sites for hydroxylation is 3. The van der Waals surface area contributed by atoms with E-state index in [1.54, 1.807) is 19.4 Å². The molecule has 3 aromatic heterocycles. The van der Waals surface area contributed by atoms with Crippen LogP contribution in [0.3, 0.4) is 0 Å². The molecular formula is C13H13N5O2. The fourth-order valence-corrected chi connectivity index (χ4v) is 2.08. The van der Waals surface area contributed by atoms with Crippen molar-refractivity contribution in [1.29, 1.82) is 0 Å². The monoisotopic (exact) mass is 271 g/mol. The van der Waals surface area contributed by atoms with Crippen molar-refractivity contribution in [2.24, 2.45) is 7.05 Å². The molecule has 0 unspecified atom stereocenters. The minimum atomic E-state index is -0.465. The van der Waals surface area contributed by atoms with E-state index in [2.05, 4.69) is 19.9 Å². The molecule has 0 atom stereocenters. The normalized spacial score (nSPS) is 11.1. The molecular weight excluding hydrogens is 258 g/mol. The summed E-state index contributed by atoms with van der Waals surface area (Å²) in [6, 6.07) is 3.86. The van der Waals surface area contributed by atoms with Crippen LogP contribution < -0.4 is 11.2 Å². The van der Waals surface area contributed by atoms with Crippen LogP contribution in [0.1, 0.15) is 11.4 Å². The lowest BCUT2D eigenvalue weighted by Crippen LogP contribution is -2.28. The quantitative estimate of drug-likeness (QED) is 0.707. The average molecular weight is 271 g/mol. The zero-order chi connectivity index (χ0) is 14.1. The molecule has 7 nitrogen and oxygen atoms in total. The van der Waals surface area contributed by atoms with E-state index in [0.29, 0.717) is 23.4 Å². The largest absolute Gasteiger partial charge is 0.336 e. The smallest absolute Gasteiger partial charge is 0.329 e. The number of fused-ring (bicyclic) bond motifs is 1. The van der Waals surface area contributed by atoms with Gasteiger partial charge in [-0.25, -0.2) is 9.78 Å². The molecule has 3 rings (SSSR count). The van der Waals surface area contributed by atoms with E-state index in [9.17, 15) is 9.59 Å². The van der Waals surface area contributed by atoms with Gasteiger partial charge in [-0.05, 0) is 18.1 Å². The molecule has 0 aliphatic carbocycles. The Balaban J connectivity index is 1.94. The van der Waals surface area contributed by atoms with E-state index in [1.165, 1.54) is 4.57 Å². The number of hydrogen-bond acceptors (Lipinski definition) is 4. The number of imidazole rings is 1. The predicted molar refractivity (Wildman–Crippen MR) is 73.6 cm³/mol. The van der Waals surface area contributed by atoms with Crippen molar-refractivity contribution in [3.05, 3.63) is 56.8 Å². The van der Waals surface area contributed by atoms with Crippen molar-refractivity contribution >= 4 is 11.2 Å². The van der Waals surface area contributed by atoms with Gasteiger partial charge in [0.25, 0.3) is 5.56 Å². The fraction of sp³-hybridized carbons (Fsp3) is 0.231. The average Bonchev–Trinajstić information content (AvgIpc) is 2.89. The Kier molecular flexibility index (Phi) is 2.94. The van der Waals surface area contributed by atoms with Gasteiger partial charge in [0.05, 0.1) is 0 Å². The van der Waals surface area contributed by atoms with E-state index in [0.717, 1.165) is 12.0 Å². The lowest BCUT2D eigenvalue weighted by Gasteiger charge is -1.97. The molecule has 0 fully saturated rings. The second kappa shape index (κ2) is 4.76. The maximum Gasteiger partial charge on any atom is 0.329 e. The molecule has 0 bridgehead atoms. The SMILES string of the molecule is Cn1c(=O)[nH]c(=O)c2[nH]c(CCc3cccnc3)nc21. The van der Waals surface area contributed by atoms with E-state index in [1.807, 2.05) is 12.1 Å². The first-order valence-electron chi connectivity index (χ1n) is 6.22. The van der Waals surface area contributed by atoms with E-state index in [4.69, 9.17) is 0 Å². The van der Waals surface area contributed by atoms with Crippen LogP contribution in [0, 0.1) is 0 Å². The van der Waals surface area contributed by atoms with Gasteiger partial charge >= 0.3 is 5.69 Å². The van der Waals surface area contributed by atoms with Gasteiger partial charge in [-0.15, -0.1) is 0 Å². The molecule has 0 saturated heterocycles. The first-order valence-corrected chi connectivity index (χ1v) is 6.22. The summed E-state index contributed by atoms with van der Waals surface area (Å²) in [5.74, 6) is 0.676. The van der Waals surface area contributed by atoms with Gasteiger partial charge in [-0.2, -0.15) is 0 Å². The molecule has 20 heavy (non-hydrogen) atoms. The first kappa shape index (κ1) is 12.3. The minimum Gasteiger partial charge on any atom is -0.336 e. The van der Waals surface area contributed by atoms with Crippen LogP contribution in [0.5, 0.6) is 0 Å². The van der Waals surface area contributed by atoms with Gasteiger partial charge in [-0.1, -0.05) is 6.07 Å². The minimum absolute atomic E-state index is 0.327. The summed E-state index contributed by atoms with van der Waals surface area (Å²) in [6.45, 7) is 0. The molecule has 3 heterocycles. The number of nitrogens with one attached hydrogen (secondary N) is 2. The van der Waals surface area contributed by atoms with Crippen LogP contribution in [0.2, 0.25) is 0 Å². The van der Waals surface area contributed by atoms with Gasteiger partial charge in [0.2, 0.25) is 0 Å². The predicted octanol–water partition coefficient (Wildman–Crippen LogP) is 0.130. The van der Waals surface area contributed by atoms with E-state index >= 15 is 0 Å². The van der Waals surface area contributed by atoms with Gasteiger partial charge in [0.1, 0.15) is 11.3 Å². The molecule has 0 spiro atoms. The zero-order valence-electron chi connectivity index (χ0n) is 10.9. The summed E-state index contributed by atoms with van der Waals surface area (Å²) < 4.78 is 1.32.